The zero-order valence-electron chi connectivity index (χ0n) is 22.5. The summed E-state index contributed by atoms with van der Waals surface area (Å²) in [6.45, 7) is 5.38. The summed E-state index contributed by atoms with van der Waals surface area (Å²) in [5, 5.41) is 16.5. The highest BCUT2D eigenvalue weighted by Gasteiger charge is 2.24. The van der Waals surface area contributed by atoms with Crippen LogP contribution in [0.25, 0.3) is 10.2 Å². The Morgan fingerprint density at radius 1 is 1.07 bits per heavy atom. The van der Waals surface area contributed by atoms with Crippen molar-refractivity contribution in [1.82, 2.24) is 25.1 Å². The second-order valence-electron chi connectivity index (χ2n) is 9.60. The molecule has 0 bridgehead atoms. The van der Waals surface area contributed by atoms with E-state index in [4.69, 9.17) is 4.98 Å². The van der Waals surface area contributed by atoms with Gasteiger partial charge >= 0.3 is 0 Å². The lowest BCUT2D eigenvalue weighted by molar-refractivity contribution is 0.0660. The third kappa shape index (κ3) is 6.00. The maximum absolute atomic E-state index is 13.3. The normalized spacial score (nSPS) is 13.8. The van der Waals surface area contributed by atoms with Crippen molar-refractivity contribution in [3.05, 3.63) is 76.5 Å². The van der Waals surface area contributed by atoms with Crippen LogP contribution in [-0.4, -0.2) is 71.9 Å². The van der Waals surface area contributed by atoms with Gasteiger partial charge in [-0.05, 0) is 74.7 Å². The molecule has 0 spiro atoms. The number of carbonyl (C=O) groups is 2. The van der Waals surface area contributed by atoms with Crippen LogP contribution in [0.3, 0.4) is 0 Å². The van der Waals surface area contributed by atoms with Crippen molar-refractivity contribution < 1.29 is 9.59 Å². The quantitative estimate of drug-likeness (QED) is 0.336. The predicted octanol–water partition coefficient (Wildman–Crippen LogP) is 4.38. The van der Waals surface area contributed by atoms with Crippen molar-refractivity contribution in [3.63, 3.8) is 0 Å². The summed E-state index contributed by atoms with van der Waals surface area (Å²) in [5.74, 6) is -0.464. The first kappa shape index (κ1) is 27.7. The van der Waals surface area contributed by atoms with Gasteiger partial charge in [0.2, 0.25) is 0 Å². The van der Waals surface area contributed by atoms with E-state index >= 15 is 0 Å². The first-order valence-electron chi connectivity index (χ1n) is 12.9. The van der Waals surface area contributed by atoms with E-state index in [1.165, 1.54) is 23.1 Å². The zero-order chi connectivity index (χ0) is 28.2. The number of amides is 2. The minimum atomic E-state index is -0.337. The van der Waals surface area contributed by atoms with Gasteiger partial charge in [-0.2, -0.15) is 5.26 Å². The highest BCUT2D eigenvalue weighted by Crippen LogP contribution is 2.37. The molecule has 2 aromatic heterocycles. The molecule has 0 atom stereocenters. The number of rotatable bonds is 7. The average Bonchev–Trinajstić information content (AvgIpc) is 3.34. The van der Waals surface area contributed by atoms with Gasteiger partial charge in [-0.3, -0.25) is 9.59 Å². The number of aryl methyl sites for hydroxylation is 1. The van der Waals surface area contributed by atoms with Crippen LogP contribution in [0.5, 0.6) is 0 Å². The second kappa shape index (κ2) is 12.1. The summed E-state index contributed by atoms with van der Waals surface area (Å²) in [4.78, 5) is 39.8. The lowest BCUT2D eigenvalue weighted by atomic mass is 10.0. The van der Waals surface area contributed by atoms with Crippen molar-refractivity contribution in [3.8, 4) is 6.07 Å². The summed E-state index contributed by atoms with van der Waals surface area (Å²) in [6.07, 6.45) is 0. The van der Waals surface area contributed by atoms with Gasteiger partial charge in [0.25, 0.3) is 11.8 Å². The molecule has 2 amide bonds. The molecule has 40 heavy (non-hydrogen) atoms. The predicted molar refractivity (Wildman–Crippen MR) is 158 cm³/mol. The summed E-state index contributed by atoms with van der Waals surface area (Å²) >= 11 is 2.84. The highest BCUT2D eigenvalue weighted by molar-refractivity contribution is 8.01. The summed E-state index contributed by atoms with van der Waals surface area (Å²) in [7, 11) is 3.88. The molecule has 0 aliphatic carbocycles. The van der Waals surface area contributed by atoms with E-state index in [2.05, 4.69) is 26.6 Å². The number of piperazine rings is 1. The number of likely N-dealkylation sites (N-methyl/N-ethyl adjacent to an activating group) is 1. The van der Waals surface area contributed by atoms with Crippen LogP contribution in [0.2, 0.25) is 0 Å². The maximum Gasteiger partial charge on any atom is 0.256 e. The molecular formula is C29H29N7O2S2. The van der Waals surface area contributed by atoms with E-state index in [0.717, 1.165) is 38.9 Å². The third-order valence-corrected chi connectivity index (χ3v) is 8.75. The number of thiazole rings is 1. The number of hydrogen-bond acceptors (Lipinski definition) is 9. The number of pyridine rings is 1. The maximum atomic E-state index is 13.3. The zero-order valence-corrected chi connectivity index (χ0v) is 24.2. The average molecular weight is 572 g/mol. The van der Waals surface area contributed by atoms with Gasteiger partial charge in [-0.15, -0.1) is 11.3 Å². The fourth-order valence-corrected chi connectivity index (χ4v) is 6.77. The molecule has 1 aliphatic heterocycles. The minimum absolute atomic E-state index is 0.127. The molecule has 5 rings (SSSR count). The molecule has 2 N–H and O–H groups in total. The number of anilines is 1. The molecule has 11 heteroatoms. The molecule has 9 nitrogen and oxygen atoms in total. The van der Waals surface area contributed by atoms with Crippen molar-refractivity contribution in [1.29, 1.82) is 5.26 Å². The fourth-order valence-electron chi connectivity index (χ4n) is 4.59. The molecule has 1 aliphatic rings. The molecule has 2 aromatic carbocycles. The smallest absolute Gasteiger partial charge is 0.256 e. The van der Waals surface area contributed by atoms with Gasteiger partial charge in [0.1, 0.15) is 11.1 Å². The van der Waals surface area contributed by atoms with Gasteiger partial charge in [-0.1, -0.05) is 12.1 Å². The largest absolute Gasteiger partial charge is 0.336 e. The number of nitriles is 1. The first-order valence-corrected chi connectivity index (χ1v) is 14.5. The Labute approximate surface area is 241 Å². The van der Waals surface area contributed by atoms with E-state index in [1.807, 2.05) is 39.2 Å². The topological polar surface area (TPSA) is 114 Å². The summed E-state index contributed by atoms with van der Waals surface area (Å²) in [6, 6.07) is 16.7. The van der Waals surface area contributed by atoms with Crippen molar-refractivity contribution >= 4 is 50.8 Å². The van der Waals surface area contributed by atoms with Crippen LogP contribution in [-0.2, 0) is 6.54 Å². The number of carbonyl (C=O) groups excluding carboxylic acids is 2. The van der Waals surface area contributed by atoms with Crippen LogP contribution in [0.15, 0.2) is 57.9 Å². The molecule has 1 fully saturated rings. The number of nitrogens with one attached hydrogen (secondary N) is 2. The number of benzene rings is 2. The number of nitrogens with zero attached hydrogens (tertiary/aromatic N) is 5. The van der Waals surface area contributed by atoms with Gasteiger partial charge in [0.05, 0.1) is 26.9 Å². The number of hydrogen-bond donors (Lipinski definition) is 2. The Morgan fingerprint density at radius 3 is 2.55 bits per heavy atom. The summed E-state index contributed by atoms with van der Waals surface area (Å²) < 4.78 is 1.65. The van der Waals surface area contributed by atoms with Crippen LogP contribution in [0.1, 0.15) is 37.5 Å². The van der Waals surface area contributed by atoms with E-state index in [-0.39, 0.29) is 11.8 Å². The van der Waals surface area contributed by atoms with Gasteiger partial charge in [-0.25, -0.2) is 9.97 Å². The van der Waals surface area contributed by atoms with Gasteiger partial charge in [0, 0.05) is 44.1 Å². The third-order valence-electron chi connectivity index (χ3n) is 6.68. The van der Waals surface area contributed by atoms with Crippen LogP contribution >= 0.6 is 23.1 Å². The van der Waals surface area contributed by atoms with Crippen LogP contribution in [0.4, 0.5) is 5.69 Å². The van der Waals surface area contributed by atoms with E-state index in [9.17, 15) is 14.9 Å². The SMILES string of the molecule is CNCc1cc(C)nc(Sc2nc3ccc(NC(=O)c4ccccc4C(=O)N4CCN(C)CC4)cc3s2)c1C#N. The minimum Gasteiger partial charge on any atom is -0.336 e. The monoisotopic (exact) mass is 571 g/mol. The molecule has 1 saturated heterocycles. The van der Waals surface area contributed by atoms with E-state index in [1.54, 1.807) is 35.2 Å². The molecular weight excluding hydrogens is 543 g/mol. The Bertz CT molecular complexity index is 1620. The van der Waals surface area contributed by atoms with Crippen molar-refractivity contribution in [2.45, 2.75) is 22.8 Å². The molecule has 3 heterocycles. The van der Waals surface area contributed by atoms with E-state index in [0.29, 0.717) is 47.0 Å². The highest BCUT2D eigenvalue weighted by atomic mass is 32.2. The Morgan fingerprint density at radius 2 is 1.82 bits per heavy atom. The Balaban J connectivity index is 1.35. The van der Waals surface area contributed by atoms with Gasteiger partial charge < -0.3 is 20.4 Å². The van der Waals surface area contributed by atoms with E-state index < -0.39 is 0 Å². The lowest BCUT2D eigenvalue weighted by Gasteiger charge is -2.32. The van der Waals surface area contributed by atoms with Crippen molar-refractivity contribution in [2.75, 3.05) is 45.6 Å². The second-order valence-corrected chi connectivity index (χ2v) is 11.9. The van der Waals surface area contributed by atoms with Crippen LogP contribution < -0.4 is 10.6 Å². The standard InChI is InChI=1S/C29H29N7O2S2/c1-18-14-19(17-31-2)23(16-30)27(32-18)40-29-34-24-9-8-20(15-25(24)39-29)33-26(37)21-6-4-5-7-22(21)28(38)36-12-10-35(3)11-13-36/h4-9,14-15,31H,10-13,17H2,1-3H3,(H,33,37). The molecule has 0 saturated carbocycles. The number of aromatic nitrogens is 2. The Hall–Kier alpha value is -3.82. The number of fused-ring (bicyclic) bond motifs is 1. The van der Waals surface area contributed by atoms with Gasteiger partial charge in [0.15, 0.2) is 4.34 Å². The Kier molecular flexibility index (Phi) is 8.42. The fraction of sp³-hybridized carbons (Fsp3) is 0.276. The summed E-state index contributed by atoms with van der Waals surface area (Å²) in [5.41, 5.74) is 4.43. The molecule has 4 aromatic rings. The van der Waals surface area contributed by atoms with Crippen molar-refractivity contribution in [2.24, 2.45) is 0 Å². The lowest BCUT2D eigenvalue weighted by Crippen LogP contribution is -2.47. The first-order chi connectivity index (χ1) is 19.4. The molecule has 0 radical (unpaired) electrons. The van der Waals surface area contributed by atoms with Crippen LogP contribution in [0, 0.1) is 18.3 Å². The molecule has 204 valence electrons. The molecule has 0 unspecified atom stereocenters.